The molecule has 2 rings (SSSR count). The standard InChI is InChI=1S/C15H25N3O2S/c1-12-11-13(16)5-6-14(12)21(19,20)18-9-7-17(8-10-18)15(2,3)4/h5-6,11H,7-10,16H2,1-4H3. The van der Waals surface area contributed by atoms with E-state index in [0.29, 0.717) is 29.2 Å². The molecule has 6 heteroatoms. The van der Waals surface area contributed by atoms with Gasteiger partial charge in [0.15, 0.2) is 0 Å². The van der Waals surface area contributed by atoms with Crippen molar-refractivity contribution >= 4 is 15.7 Å². The van der Waals surface area contributed by atoms with E-state index < -0.39 is 10.0 Å². The molecule has 0 saturated carbocycles. The van der Waals surface area contributed by atoms with Crippen LogP contribution in [0.3, 0.4) is 0 Å². The molecule has 118 valence electrons. The van der Waals surface area contributed by atoms with Crippen LogP contribution in [0.25, 0.3) is 0 Å². The zero-order valence-corrected chi connectivity index (χ0v) is 14.1. The maximum absolute atomic E-state index is 12.7. The molecule has 0 aromatic heterocycles. The number of hydrogen-bond donors (Lipinski definition) is 1. The number of piperazine rings is 1. The van der Waals surface area contributed by atoms with Crippen molar-refractivity contribution in [2.75, 3.05) is 31.9 Å². The van der Waals surface area contributed by atoms with Crippen molar-refractivity contribution in [3.8, 4) is 0 Å². The number of rotatable bonds is 2. The molecule has 1 aromatic carbocycles. The third kappa shape index (κ3) is 3.39. The van der Waals surface area contributed by atoms with Gasteiger partial charge in [-0.15, -0.1) is 0 Å². The van der Waals surface area contributed by atoms with Crippen LogP contribution in [-0.2, 0) is 10.0 Å². The Labute approximate surface area is 127 Å². The Morgan fingerprint density at radius 1 is 1.10 bits per heavy atom. The summed E-state index contributed by atoms with van der Waals surface area (Å²) >= 11 is 0. The summed E-state index contributed by atoms with van der Waals surface area (Å²) in [6.45, 7) is 10.8. The van der Waals surface area contributed by atoms with Gasteiger partial charge in [0.1, 0.15) is 0 Å². The average molecular weight is 311 g/mol. The lowest BCUT2D eigenvalue weighted by Gasteiger charge is -2.41. The lowest BCUT2D eigenvalue weighted by Crippen LogP contribution is -2.54. The first-order valence-electron chi connectivity index (χ1n) is 7.24. The van der Waals surface area contributed by atoms with E-state index in [1.807, 2.05) is 0 Å². The van der Waals surface area contributed by atoms with Crippen LogP contribution in [-0.4, -0.2) is 49.3 Å². The molecule has 0 radical (unpaired) electrons. The average Bonchev–Trinajstić information content (AvgIpc) is 2.37. The fraction of sp³-hybridized carbons (Fsp3) is 0.600. The van der Waals surface area contributed by atoms with Gasteiger partial charge in [0.25, 0.3) is 0 Å². The largest absolute Gasteiger partial charge is 0.399 e. The zero-order chi connectivity index (χ0) is 15.8. The van der Waals surface area contributed by atoms with E-state index in [2.05, 4.69) is 25.7 Å². The Morgan fingerprint density at radius 2 is 1.67 bits per heavy atom. The highest BCUT2D eigenvalue weighted by Gasteiger charge is 2.32. The number of hydrogen-bond acceptors (Lipinski definition) is 4. The van der Waals surface area contributed by atoms with E-state index in [1.165, 1.54) is 0 Å². The molecule has 5 nitrogen and oxygen atoms in total. The van der Waals surface area contributed by atoms with Crippen LogP contribution >= 0.6 is 0 Å². The molecule has 1 heterocycles. The second-order valence-corrected chi connectivity index (χ2v) is 8.49. The van der Waals surface area contributed by atoms with Crippen molar-refractivity contribution in [2.24, 2.45) is 0 Å². The SMILES string of the molecule is Cc1cc(N)ccc1S(=O)(=O)N1CCN(C(C)(C)C)CC1. The Balaban J connectivity index is 2.19. The number of anilines is 1. The molecule has 1 aromatic rings. The molecule has 2 N–H and O–H groups in total. The zero-order valence-electron chi connectivity index (χ0n) is 13.3. The van der Waals surface area contributed by atoms with Gasteiger partial charge in [0, 0.05) is 37.4 Å². The second-order valence-electron chi connectivity index (χ2n) is 6.59. The maximum Gasteiger partial charge on any atom is 0.243 e. The smallest absolute Gasteiger partial charge is 0.243 e. The van der Waals surface area contributed by atoms with Crippen molar-refractivity contribution in [1.82, 2.24) is 9.21 Å². The number of sulfonamides is 1. The number of nitrogens with zero attached hydrogens (tertiary/aromatic N) is 2. The fourth-order valence-electron chi connectivity index (χ4n) is 2.70. The Morgan fingerprint density at radius 3 is 2.14 bits per heavy atom. The van der Waals surface area contributed by atoms with E-state index in [4.69, 9.17) is 5.73 Å². The van der Waals surface area contributed by atoms with Crippen LogP contribution in [0.1, 0.15) is 26.3 Å². The first-order chi connectivity index (χ1) is 9.62. The summed E-state index contributed by atoms with van der Waals surface area (Å²) < 4.78 is 27.1. The van der Waals surface area contributed by atoms with Crippen molar-refractivity contribution in [3.05, 3.63) is 23.8 Å². The van der Waals surface area contributed by atoms with Gasteiger partial charge in [0.2, 0.25) is 10.0 Å². The van der Waals surface area contributed by atoms with Crippen LogP contribution in [0, 0.1) is 6.92 Å². The van der Waals surface area contributed by atoms with Gasteiger partial charge in [-0.2, -0.15) is 4.31 Å². The summed E-state index contributed by atoms with van der Waals surface area (Å²) in [5, 5.41) is 0. The molecule has 0 bridgehead atoms. The summed E-state index contributed by atoms with van der Waals surface area (Å²) in [5.74, 6) is 0. The van der Waals surface area contributed by atoms with Gasteiger partial charge < -0.3 is 5.73 Å². The quantitative estimate of drug-likeness (QED) is 0.844. The number of nitrogen functional groups attached to an aromatic ring is 1. The highest BCUT2D eigenvalue weighted by molar-refractivity contribution is 7.89. The van der Waals surface area contributed by atoms with Crippen LogP contribution in [0.15, 0.2) is 23.1 Å². The minimum Gasteiger partial charge on any atom is -0.399 e. The molecular weight excluding hydrogens is 286 g/mol. The van der Waals surface area contributed by atoms with E-state index in [1.54, 1.807) is 29.4 Å². The first-order valence-corrected chi connectivity index (χ1v) is 8.68. The Kier molecular flexibility index (Phi) is 4.33. The lowest BCUT2D eigenvalue weighted by atomic mass is 10.1. The molecular formula is C15H25N3O2S. The van der Waals surface area contributed by atoms with Crippen molar-refractivity contribution < 1.29 is 8.42 Å². The number of aryl methyl sites for hydroxylation is 1. The highest BCUT2D eigenvalue weighted by atomic mass is 32.2. The lowest BCUT2D eigenvalue weighted by molar-refractivity contribution is 0.0921. The molecule has 0 unspecified atom stereocenters. The third-order valence-corrected chi connectivity index (χ3v) is 6.06. The van der Waals surface area contributed by atoms with Gasteiger partial charge in [-0.25, -0.2) is 8.42 Å². The molecule has 0 atom stereocenters. The van der Waals surface area contributed by atoms with Gasteiger partial charge in [-0.05, 0) is 51.5 Å². The third-order valence-electron chi connectivity index (χ3n) is 4.00. The molecule has 1 aliphatic rings. The highest BCUT2D eigenvalue weighted by Crippen LogP contribution is 2.24. The van der Waals surface area contributed by atoms with Crippen LogP contribution < -0.4 is 5.73 Å². The maximum atomic E-state index is 12.7. The van der Waals surface area contributed by atoms with Crippen LogP contribution in [0.5, 0.6) is 0 Å². The predicted molar refractivity (Wildman–Crippen MR) is 85.7 cm³/mol. The summed E-state index contributed by atoms with van der Waals surface area (Å²) in [6, 6.07) is 4.96. The second kappa shape index (κ2) is 5.59. The molecule has 21 heavy (non-hydrogen) atoms. The Bertz CT molecular complexity index is 612. The normalized spacial score (nSPS) is 18.9. The molecule has 0 spiro atoms. The topological polar surface area (TPSA) is 66.6 Å². The van der Waals surface area contributed by atoms with Crippen LogP contribution in [0.4, 0.5) is 5.69 Å². The molecule has 0 aliphatic carbocycles. The summed E-state index contributed by atoms with van der Waals surface area (Å²) in [7, 11) is -3.43. The minimum absolute atomic E-state index is 0.0764. The van der Waals surface area contributed by atoms with Gasteiger partial charge in [0.05, 0.1) is 4.90 Å². The molecule has 1 aliphatic heterocycles. The Hall–Kier alpha value is -1.11. The summed E-state index contributed by atoms with van der Waals surface area (Å²) in [6.07, 6.45) is 0. The van der Waals surface area contributed by atoms with Crippen molar-refractivity contribution in [3.63, 3.8) is 0 Å². The predicted octanol–water partition coefficient (Wildman–Crippen LogP) is 1.68. The first kappa shape index (κ1) is 16.3. The van der Waals surface area contributed by atoms with Crippen molar-refractivity contribution in [1.29, 1.82) is 0 Å². The summed E-state index contributed by atoms with van der Waals surface area (Å²) in [4.78, 5) is 2.68. The summed E-state index contributed by atoms with van der Waals surface area (Å²) in [5.41, 5.74) is 7.07. The van der Waals surface area contributed by atoms with E-state index in [0.717, 1.165) is 13.1 Å². The minimum atomic E-state index is -3.43. The van der Waals surface area contributed by atoms with E-state index in [-0.39, 0.29) is 5.54 Å². The van der Waals surface area contributed by atoms with Crippen molar-refractivity contribution in [2.45, 2.75) is 38.1 Å². The van der Waals surface area contributed by atoms with Crippen LogP contribution in [0.2, 0.25) is 0 Å². The molecule has 1 fully saturated rings. The fourth-order valence-corrected chi connectivity index (χ4v) is 4.33. The molecule has 0 amide bonds. The van der Waals surface area contributed by atoms with Gasteiger partial charge >= 0.3 is 0 Å². The number of benzene rings is 1. The number of nitrogens with two attached hydrogens (primary N) is 1. The van der Waals surface area contributed by atoms with E-state index in [9.17, 15) is 8.42 Å². The van der Waals surface area contributed by atoms with E-state index >= 15 is 0 Å². The molecule has 1 saturated heterocycles. The van der Waals surface area contributed by atoms with Gasteiger partial charge in [-0.1, -0.05) is 0 Å². The van der Waals surface area contributed by atoms with Gasteiger partial charge in [-0.3, -0.25) is 4.90 Å². The monoisotopic (exact) mass is 311 g/mol.